The van der Waals surface area contributed by atoms with Gasteiger partial charge in [0.2, 0.25) is 5.79 Å². The Labute approximate surface area is 178 Å². The van der Waals surface area contributed by atoms with Gasteiger partial charge in [0.15, 0.2) is 0 Å². The second-order valence-corrected chi connectivity index (χ2v) is 7.56. The van der Waals surface area contributed by atoms with Crippen molar-refractivity contribution in [3.05, 3.63) is 69.1 Å². The number of rotatable bonds is 7. The molecule has 0 unspecified atom stereocenters. The summed E-state index contributed by atoms with van der Waals surface area (Å²) in [5.41, 5.74) is 1.71. The predicted octanol–water partition coefficient (Wildman–Crippen LogP) is 1.72. The van der Waals surface area contributed by atoms with Gasteiger partial charge in [0, 0.05) is 10.6 Å². The van der Waals surface area contributed by atoms with E-state index in [0.717, 1.165) is 11.3 Å². The summed E-state index contributed by atoms with van der Waals surface area (Å²) in [4.78, 5) is 10.6. The molecule has 8 nitrogen and oxygen atoms in total. The van der Waals surface area contributed by atoms with Gasteiger partial charge < -0.3 is 29.9 Å². The Hall–Kier alpha value is -2.07. The quantitative estimate of drug-likeness (QED) is 0.485. The number of aliphatic hydroxyl groups is 4. The van der Waals surface area contributed by atoms with Gasteiger partial charge in [-0.05, 0) is 48.7 Å². The Morgan fingerprint density at radius 1 is 1.13 bits per heavy atom. The standard InChI is InChI=1S/C21H24ClNO7/c1-2-29-15-6-3-12(4-7-15)9-13-10-14(5-8-16(13)22)21(27)20(26)19(25)18(24)17(30-21)11-23-28/h3-8,10,17-20,24-27H,2,9,11H2,1H3/t17-,18-,19+,20-,21+/m1/s1. The number of nitrogens with zero attached hydrogens (tertiary/aromatic N) is 1. The van der Waals surface area contributed by atoms with Crippen LogP contribution in [0.1, 0.15) is 23.6 Å². The first-order valence-corrected chi connectivity index (χ1v) is 9.92. The average molecular weight is 438 g/mol. The zero-order valence-electron chi connectivity index (χ0n) is 16.3. The van der Waals surface area contributed by atoms with Crippen molar-refractivity contribution in [3.8, 4) is 5.75 Å². The largest absolute Gasteiger partial charge is 0.494 e. The van der Waals surface area contributed by atoms with Gasteiger partial charge in [0.25, 0.3) is 0 Å². The smallest absolute Gasteiger partial charge is 0.222 e. The van der Waals surface area contributed by atoms with E-state index >= 15 is 0 Å². The molecule has 1 aliphatic heterocycles. The summed E-state index contributed by atoms with van der Waals surface area (Å²) in [5.74, 6) is -1.61. The molecule has 0 radical (unpaired) electrons. The highest BCUT2D eigenvalue weighted by atomic mass is 35.5. The number of ether oxygens (including phenoxy) is 2. The molecule has 0 amide bonds. The van der Waals surface area contributed by atoms with Gasteiger partial charge in [-0.25, -0.2) is 0 Å². The summed E-state index contributed by atoms with van der Waals surface area (Å²) >= 11 is 6.32. The molecule has 1 aliphatic rings. The summed E-state index contributed by atoms with van der Waals surface area (Å²) in [6, 6.07) is 12.0. The number of hydrogen-bond acceptors (Lipinski definition) is 8. The summed E-state index contributed by atoms with van der Waals surface area (Å²) in [6.07, 6.45) is -6.02. The molecule has 0 saturated carbocycles. The molecule has 1 fully saturated rings. The summed E-state index contributed by atoms with van der Waals surface area (Å²) in [7, 11) is 0. The van der Waals surface area contributed by atoms with Crippen LogP contribution in [-0.4, -0.2) is 58.0 Å². The van der Waals surface area contributed by atoms with Gasteiger partial charge >= 0.3 is 0 Å². The molecule has 0 bridgehead atoms. The number of benzene rings is 2. The lowest BCUT2D eigenvalue weighted by atomic mass is 9.87. The lowest BCUT2D eigenvalue weighted by Gasteiger charge is -2.45. The molecule has 0 aliphatic carbocycles. The Kier molecular flexibility index (Phi) is 7.07. The van der Waals surface area contributed by atoms with Crippen molar-refractivity contribution in [1.82, 2.24) is 0 Å². The first-order chi connectivity index (χ1) is 14.3. The van der Waals surface area contributed by atoms with Crippen LogP contribution in [0.4, 0.5) is 0 Å². The van der Waals surface area contributed by atoms with Crippen molar-refractivity contribution in [3.63, 3.8) is 0 Å². The summed E-state index contributed by atoms with van der Waals surface area (Å²) < 4.78 is 10.9. The van der Waals surface area contributed by atoms with E-state index in [9.17, 15) is 25.3 Å². The summed E-state index contributed by atoms with van der Waals surface area (Å²) in [6.45, 7) is 1.96. The second kappa shape index (κ2) is 9.38. The number of aliphatic hydroxyl groups excluding tert-OH is 3. The molecule has 1 saturated heterocycles. The molecule has 1 heterocycles. The maximum atomic E-state index is 11.0. The van der Waals surface area contributed by atoms with Crippen LogP contribution in [0.3, 0.4) is 0 Å². The Balaban J connectivity index is 1.90. The van der Waals surface area contributed by atoms with E-state index in [1.165, 1.54) is 6.07 Å². The van der Waals surface area contributed by atoms with Crippen LogP contribution in [0, 0.1) is 4.91 Å². The Morgan fingerprint density at radius 3 is 2.47 bits per heavy atom. The molecule has 3 rings (SSSR count). The minimum atomic E-state index is -2.35. The summed E-state index contributed by atoms with van der Waals surface area (Å²) in [5, 5.41) is 44.7. The normalized spacial score (nSPS) is 28.9. The highest BCUT2D eigenvalue weighted by Crippen LogP contribution is 2.38. The minimum absolute atomic E-state index is 0.127. The third-order valence-corrected chi connectivity index (χ3v) is 5.50. The van der Waals surface area contributed by atoms with Gasteiger partial charge in [0.05, 0.1) is 6.61 Å². The minimum Gasteiger partial charge on any atom is -0.494 e. The van der Waals surface area contributed by atoms with Crippen LogP contribution in [0.2, 0.25) is 5.02 Å². The zero-order valence-corrected chi connectivity index (χ0v) is 17.1. The SMILES string of the molecule is CCOc1ccc(Cc2cc([C@]3(O)O[C@H](CN=O)[C@@H](O)[C@H](O)[C@H]3O)ccc2Cl)cc1. The lowest BCUT2D eigenvalue weighted by molar-refractivity contribution is -0.352. The van der Waals surface area contributed by atoms with Crippen LogP contribution < -0.4 is 4.74 Å². The third-order valence-electron chi connectivity index (χ3n) is 5.13. The number of halogens is 1. The van der Waals surface area contributed by atoms with Crippen LogP contribution in [-0.2, 0) is 16.9 Å². The maximum absolute atomic E-state index is 11.0. The lowest BCUT2D eigenvalue weighted by Crippen LogP contribution is -2.63. The molecule has 9 heteroatoms. The molecule has 2 aromatic carbocycles. The van der Waals surface area contributed by atoms with Crippen LogP contribution in [0.15, 0.2) is 47.6 Å². The van der Waals surface area contributed by atoms with Crippen LogP contribution >= 0.6 is 11.6 Å². The van der Waals surface area contributed by atoms with Crippen molar-refractivity contribution >= 4 is 11.6 Å². The van der Waals surface area contributed by atoms with Crippen molar-refractivity contribution in [2.24, 2.45) is 5.18 Å². The van der Waals surface area contributed by atoms with Gasteiger partial charge in [0.1, 0.15) is 36.7 Å². The Morgan fingerprint density at radius 2 is 1.83 bits per heavy atom. The average Bonchev–Trinajstić information content (AvgIpc) is 2.74. The van der Waals surface area contributed by atoms with E-state index in [2.05, 4.69) is 5.18 Å². The zero-order chi connectivity index (χ0) is 21.9. The fourth-order valence-electron chi connectivity index (χ4n) is 3.49. The fraction of sp³-hybridized carbons (Fsp3) is 0.429. The van der Waals surface area contributed by atoms with E-state index in [0.29, 0.717) is 23.6 Å². The van der Waals surface area contributed by atoms with E-state index in [1.54, 1.807) is 12.1 Å². The monoisotopic (exact) mass is 437 g/mol. The highest BCUT2D eigenvalue weighted by molar-refractivity contribution is 6.31. The fourth-order valence-corrected chi connectivity index (χ4v) is 3.67. The molecular formula is C21H24ClNO7. The molecule has 2 aromatic rings. The van der Waals surface area contributed by atoms with E-state index in [1.807, 2.05) is 31.2 Å². The first kappa shape index (κ1) is 22.6. The van der Waals surface area contributed by atoms with Gasteiger partial charge in [-0.1, -0.05) is 35.0 Å². The third kappa shape index (κ3) is 4.49. The van der Waals surface area contributed by atoms with Crippen molar-refractivity contribution < 1.29 is 29.9 Å². The Bertz CT molecular complexity index is 878. The second-order valence-electron chi connectivity index (χ2n) is 7.15. The van der Waals surface area contributed by atoms with Crippen LogP contribution in [0.5, 0.6) is 5.75 Å². The van der Waals surface area contributed by atoms with Crippen molar-refractivity contribution in [2.75, 3.05) is 13.2 Å². The predicted molar refractivity (Wildman–Crippen MR) is 109 cm³/mol. The topological polar surface area (TPSA) is 129 Å². The first-order valence-electron chi connectivity index (χ1n) is 9.54. The van der Waals surface area contributed by atoms with E-state index in [-0.39, 0.29) is 5.56 Å². The van der Waals surface area contributed by atoms with E-state index in [4.69, 9.17) is 21.1 Å². The number of hydrogen-bond donors (Lipinski definition) is 4. The molecule has 5 atom stereocenters. The van der Waals surface area contributed by atoms with Gasteiger partial charge in [-0.2, -0.15) is 4.91 Å². The maximum Gasteiger partial charge on any atom is 0.222 e. The highest BCUT2D eigenvalue weighted by Gasteiger charge is 2.53. The molecule has 0 spiro atoms. The van der Waals surface area contributed by atoms with E-state index < -0.39 is 36.7 Å². The number of nitroso groups, excluding NO2 is 1. The van der Waals surface area contributed by atoms with Crippen LogP contribution in [0.25, 0.3) is 0 Å². The molecule has 4 N–H and O–H groups in total. The van der Waals surface area contributed by atoms with Crippen molar-refractivity contribution in [2.45, 2.75) is 43.5 Å². The molecule has 0 aromatic heterocycles. The molecular weight excluding hydrogens is 414 g/mol. The van der Waals surface area contributed by atoms with Gasteiger partial charge in [-0.15, -0.1) is 0 Å². The molecule has 30 heavy (non-hydrogen) atoms. The molecule has 162 valence electrons. The van der Waals surface area contributed by atoms with Crippen molar-refractivity contribution in [1.29, 1.82) is 0 Å². The van der Waals surface area contributed by atoms with Gasteiger partial charge in [-0.3, -0.25) is 0 Å².